The molecule has 90 valence electrons. The Hall–Kier alpha value is -0.0800. The fourth-order valence-corrected chi connectivity index (χ4v) is 2.82. The summed E-state index contributed by atoms with van der Waals surface area (Å²) < 4.78 is 0. The van der Waals surface area contributed by atoms with Crippen LogP contribution in [0.15, 0.2) is 0 Å². The molecule has 0 bridgehead atoms. The Labute approximate surface area is 95.4 Å². The van der Waals surface area contributed by atoms with Crippen LogP contribution < -0.4 is 5.32 Å². The summed E-state index contributed by atoms with van der Waals surface area (Å²) in [6.45, 7) is 7.17. The normalized spacial score (nSPS) is 32.2. The van der Waals surface area contributed by atoms with Gasteiger partial charge in [0.25, 0.3) is 0 Å². The van der Waals surface area contributed by atoms with Gasteiger partial charge in [-0.1, -0.05) is 13.8 Å². The van der Waals surface area contributed by atoms with Crippen LogP contribution in [0, 0.1) is 11.8 Å². The van der Waals surface area contributed by atoms with Gasteiger partial charge < -0.3 is 10.2 Å². The van der Waals surface area contributed by atoms with Crippen LogP contribution in [0.25, 0.3) is 0 Å². The second-order valence-electron chi connectivity index (χ2n) is 5.73. The Morgan fingerprint density at radius 3 is 2.20 bits per heavy atom. The minimum Gasteiger partial charge on any atom is -0.314 e. The smallest absolute Gasteiger partial charge is 0.00721 e. The lowest BCUT2D eigenvalue weighted by atomic mass is 9.80. The molecule has 1 N–H and O–H groups in total. The lowest BCUT2D eigenvalue weighted by molar-refractivity contribution is 0.237. The molecule has 1 fully saturated rings. The average Bonchev–Trinajstić information content (AvgIpc) is 2.10. The van der Waals surface area contributed by atoms with Crippen LogP contribution in [0.1, 0.15) is 39.5 Å². The first-order chi connectivity index (χ1) is 7.08. The number of nitrogens with zero attached hydrogens (tertiary/aromatic N) is 1. The van der Waals surface area contributed by atoms with E-state index in [1.165, 1.54) is 38.8 Å². The molecule has 3 atom stereocenters. The summed E-state index contributed by atoms with van der Waals surface area (Å²) in [5, 5.41) is 3.71. The summed E-state index contributed by atoms with van der Waals surface area (Å²) in [5.41, 5.74) is 0. The van der Waals surface area contributed by atoms with Crippen LogP contribution in [0.5, 0.6) is 0 Å². The zero-order valence-electron chi connectivity index (χ0n) is 10.9. The minimum atomic E-state index is 0.783. The van der Waals surface area contributed by atoms with E-state index in [0.717, 1.165) is 17.9 Å². The van der Waals surface area contributed by atoms with E-state index in [2.05, 4.69) is 38.2 Å². The van der Waals surface area contributed by atoms with E-state index in [9.17, 15) is 0 Å². The van der Waals surface area contributed by atoms with Crippen molar-refractivity contribution in [2.24, 2.45) is 11.8 Å². The van der Waals surface area contributed by atoms with Gasteiger partial charge in [-0.25, -0.2) is 0 Å². The SMILES string of the molecule is C[C@@H]1CC(NCCCN(C)C)C[C@H](C)C1. The van der Waals surface area contributed by atoms with Gasteiger partial charge in [-0.15, -0.1) is 0 Å². The third kappa shape index (κ3) is 5.53. The van der Waals surface area contributed by atoms with Crippen LogP contribution in [0.2, 0.25) is 0 Å². The lowest BCUT2D eigenvalue weighted by Gasteiger charge is -2.32. The van der Waals surface area contributed by atoms with Crippen molar-refractivity contribution in [1.29, 1.82) is 0 Å². The van der Waals surface area contributed by atoms with Gasteiger partial charge in [0.05, 0.1) is 0 Å². The monoisotopic (exact) mass is 212 g/mol. The second-order valence-corrected chi connectivity index (χ2v) is 5.73. The van der Waals surface area contributed by atoms with Crippen LogP contribution in [-0.2, 0) is 0 Å². The van der Waals surface area contributed by atoms with E-state index in [1.807, 2.05) is 0 Å². The summed E-state index contributed by atoms with van der Waals surface area (Å²) in [6.07, 6.45) is 5.46. The van der Waals surface area contributed by atoms with Crippen molar-refractivity contribution >= 4 is 0 Å². The van der Waals surface area contributed by atoms with Crippen LogP contribution in [0.4, 0.5) is 0 Å². The number of rotatable bonds is 5. The fraction of sp³-hybridized carbons (Fsp3) is 1.00. The quantitative estimate of drug-likeness (QED) is 0.704. The highest BCUT2D eigenvalue weighted by molar-refractivity contribution is 4.79. The van der Waals surface area contributed by atoms with Crippen molar-refractivity contribution in [2.45, 2.75) is 45.6 Å². The highest BCUT2D eigenvalue weighted by Gasteiger charge is 2.22. The topological polar surface area (TPSA) is 15.3 Å². The Morgan fingerprint density at radius 2 is 1.67 bits per heavy atom. The van der Waals surface area contributed by atoms with E-state index in [1.54, 1.807) is 0 Å². The van der Waals surface area contributed by atoms with Crippen molar-refractivity contribution in [2.75, 3.05) is 27.2 Å². The van der Waals surface area contributed by atoms with Gasteiger partial charge in [0.15, 0.2) is 0 Å². The molecule has 1 aliphatic carbocycles. The van der Waals surface area contributed by atoms with Crippen molar-refractivity contribution in [3.63, 3.8) is 0 Å². The number of hydrogen-bond acceptors (Lipinski definition) is 2. The summed E-state index contributed by atoms with van der Waals surface area (Å²) in [4.78, 5) is 2.26. The summed E-state index contributed by atoms with van der Waals surface area (Å²) in [7, 11) is 4.29. The van der Waals surface area contributed by atoms with E-state index >= 15 is 0 Å². The van der Waals surface area contributed by atoms with E-state index < -0.39 is 0 Å². The molecule has 0 saturated heterocycles. The molecular formula is C13H28N2. The van der Waals surface area contributed by atoms with Gasteiger partial charge >= 0.3 is 0 Å². The molecule has 0 aliphatic heterocycles. The maximum atomic E-state index is 3.71. The summed E-state index contributed by atoms with van der Waals surface area (Å²) in [6, 6.07) is 0.783. The first kappa shape index (κ1) is 13.0. The Bertz CT molecular complexity index is 158. The molecule has 0 amide bonds. The third-order valence-electron chi connectivity index (χ3n) is 3.39. The molecule has 2 heteroatoms. The predicted octanol–water partition coefficient (Wildman–Crippen LogP) is 2.35. The van der Waals surface area contributed by atoms with E-state index in [0.29, 0.717) is 0 Å². The van der Waals surface area contributed by atoms with Crippen LogP contribution >= 0.6 is 0 Å². The third-order valence-corrected chi connectivity index (χ3v) is 3.39. The largest absolute Gasteiger partial charge is 0.314 e. The second kappa shape index (κ2) is 6.49. The summed E-state index contributed by atoms with van der Waals surface area (Å²) >= 11 is 0. The molecule has 1 aliphatic rings. The molecule has 2 nitrogen and oxygen atoms in total. The molecular weight excluding hydrogens is 184 g/mol. The Kier molecular flexibility index (Phi) is 5.62. The fourth-order valence-electron chi connectivity index (χ4n) is 2.82. The van der Waals surface area contributed by atoms with Crippen molar-refractivity contribution in [1.82, 2.24) is 10.2 Å². The van der Waals surface area contributed by atoms with E-state index in [4.69, 9.17) is 0 Å². The van der Waals surface area contributed by atoms with Gasteiger partial charge in [0, 0.05) is 6.04 Å². The molecule has 1 rings (SSSR count). The molecule has 0 radical (unpaired) electrons. The maximum absolute atomic E-state index is 3.71. The number of hydrogen-bond donors (Lipinski definition) is 1. The average molecular weight is 212 g/mol. The molecule has 1 unspecified atom stereocenters. The molecule has 1 saturated carbocycles. The molecule has 0 aromatic rings. The number of nitrogens with one attached hydrogen (secondary N) is 1. The van der Waals surface area contributed by atoms with E-state index in [-0.39, 0.29) is 0 Å². The first-order valence-corrected chi connectivity index (χ1v) is 6.46. The highest BCUT2D eigenvalue weighted by atomic mass is 15.1. The zero-order valence-corrected chi connectivity index (χ0v) is 10.9. The lowest BCUT2D eigenvalue weighted by Crippen LogP contribution is -2.37. The van der Waals surface area contributed by atoms with Gasteiger partial charge in [-0.2, -0.15) is 0 Å². The van der Waals surface area contributed by atoms with Gasteiger partial charge in [0.1, 0.15) is 0 Å². The minimum absolute atomic E-state index is 0.783. The Balaban J connectivity index is 2.10. The molecule has 0 spiro atoms. The Morgan fingerprint density at radius 1 is 1.07 bits per heavy atom. The highest BCUT2D eigenvalue weighted by Crippen LogP contribution is 2.28. The van der Waals surface area contributed by atoms with Gasteiger partial charge in [0.2, 0.25) is 0 Å². The molecule has 0 aromatic heterocycles. The molecule has 15 heavy (non-hydrogen) atoms. The van der Waals surface area contributed by atoms with Gasteiger partial charge in [-0.3, -0.25) is 0 Å². The molecule has 0 aromatic carbocycles. The van der Waals surface area contributed by atoms with Crippen molar-refractivity contribution in [3.8, 4) is 0 Å². The van der Waals surface area contributed by atoms with Gasteiger partial charge in [-0.05, 0) is 64.7 Å². The maximum Gasteiger partial charge on any atom is 0.00721 e. The standard InChI is InChI=1S/C13H28N2/c1-11-8-12(2)10-13(9-11)14-6-5-7-15(3)4/h11-14H,5-10H2,1-4H3/t11-,12+,13?. The summed E-state index contributed by atoms with van der Waals surface area (Å²) in [5.74, 6) is 1.83. The van der Waals surface area contributed by atoms with Crippen LogP contribution in [-0.4, -0.2) is 38.1 Å². The first-order valence-electron chi connectivity index (χ1n) is 6.46. The molecule has 0 heterocycles. The van der Waals surface area contributed by atoms with Crippen molar-refractivity contribution < 1.29 is 0 Å². The zero-order chi connectivity index (χ0) is 11.3. The van der Waals surface area contributed by atoms with Crippen LogP contribution in [0.3, 0.4) is 0 Å². The predicted molar refractivity (Wildman–Crippen MR) is 67.1 cm³/mol. The van der Waals surface area contributed by atoms with Crippen molar-refractivity contribution in [3.05, 3.63) is 0 Å².